The highest BCUT2D eigenvalue weighted by Gasteiger charge is 2.37. The van der Waals surface area contributed by atoms with Crippen molar-refractivity contribution in [3.8, 4) is 0 Å². The van der Waals surface area contributed by atoms with Crippen molar-refractivity contribution in [2.45, 2.75) is 5.06 Å². The Morgan fingerprint density at radius 1 is 1.05 bits per heavy atom. The molecule has 2 aromatic rings. The van der Waals surface area contributed by atoms with Crippen LogP contribution in [0.25, 0.3) is 0 Å². The minimum Gasteiger partial charge on any atom is -0.410 e. The highest BCUT2D eigenvalue weighted by molar-refractivity contribution is 6.37. The van der Waals surface area contributed by atoms with Gasteiger partial charge in [-0.15, -0.1) is 0 Å². The van der Waals surface area contributed by atoms with E-state index in [0.29, 0.717) is 11.1 Å². The van der Waals surface area contributed by atoms with E-state index in [1.54, 1.807) is 0 Å². The van der Waals surface area contributed by atoms with Crippen LogP contribution in [-0.4, -0.2) is 18.0 Å². The summed E-state index contributed by atoms with van der Waals surface area (Å²) >= 11 is 6.54. The molecule has 0 fully saturated rings. The number of ether oxygens (including phenoxy) is 1. The van der Waals surface area contributed by atoms with Crippen LogP contribution in [0.3, 0.4) is 0 Å². The summed E-state index contributed by atoms with van der Waals surface area (Å²) in [7, 11) is 1.48. The number of rotatable bonds is 4. The number of halogens is 1. The summed E-state index contributed by atoms with van der Waals surface area (Å²) in [6, 6.07) is 18.4. The monoisotopic (exact) mass is 275 g/mol. The molecule has 0 bridgehead atoms. The standard InChI is InChI=1S/C15H14ClNO2/c1-19-15(16,13-10-6-3-7-11-13)14(17-18)12-8-4-2-5-9-12/h2-11,18H,1H3. The number of hydrogen-bond acceptors (Lipinski definition) is 3. The van der Waals surface area contributed by atoms with Crippen LogP contribution in [0.2, 0.25) is 0 Å². The number of benzene rings is 2. The average Bonchev–Trinajstić information content (AvgIpc) is 2.49. The van der Waals surface area contributed by atoms with Gasteiger partial charge >= 0.3 is 0 Å². The normalized spacial score (nSPS) is 14.9. The van der Waals surface area contributed by atoms with Gasteiger partial charge < -0.3 is 9.94 Å². The minimum atomic E-state index is -1.32. The summed E-state index contributed by atoms with van der Waals surface area (Å²) in [5.41, 5.74) is 1.66. The Morgan fingerprint density at radius 2 is 1.58 bits per heavy atom. The van der Waals surface area contributed by atoms with E-state index in [4.69, 9.17) is 16.3 Å². The Bertz CT molecular complexity index is 557. The van der Waals surface area contributed by atoms with Crippen molar-refractivity contribution in [2.24, 2.45) is 5.16 Å². The lowest BCUT2D eigenvalue weighted by Gasteiger charge is -2.26. The SMILES string of the molecule is COC(Cl)(C(=NO)c1ccccc1)c1ccccc1. The molecular formula is C15H14ClNO2. The number of alkyl halides is 1. The molecule has 0 spiro atoms. The van der Waals surface area contributed by atoms with Gasteiger partial charge in [0.2, 0.25) is 5.06 Å². The van der Waals surface area contributed by atoms with E-state index in [1.165, 1.54) is 7.11 Å². The van der Waals surface area contributed by atoms with E-state index >= 15 is 0 Å². The molecule has 0 aliphatic carbocycles. The van der Waals surface area contributed by atoms with Crippen LogP contribution < -0.4 is 0 Å². The first-order valence-corrected chi connectivity index (χ1v) is 6.17. The fraction of sp³-hybridized carbons (Fsp3) is 0.133. The molecule has 0 saturated carbocycles. The van der Waals surface area contributed by atoms with Gasteiger partial charge in [-0.1, -0.05) is 77.4 Å². The van der Waals surface area contributed by atoms with Crippen LogP contribution in [0.15, 0.2) is 65.8 Å². The molecule has 0 saturated heterocycles. The molecule has 3 nitrogen and oxygen atoms in total. The molecular weight excluding hydrogens is 262 g/mol. The second-order valence-corrected chi connectivity index (χ2v) is 4.51. The van der Waals surface area contributed by atoms with E-state index in [2.05, 4.69) is 5.16 Å². The van der Waals surface area contributed by atoms with E-state index in [9.17, 15) is 5.21 Å². The fourth-order valence-electron chi connectivity index (χ4n) is 1.91. The van der Waals surface area contributed by atoms with Gasteiger partial charge in [-0.05, 0) is 0 Å². The summed E-state index contributed by atoms with van der Waals surface area (Å²) in [6.07, 6.45) is 0. The quantitative estimate of drug-likeness (QED) is 0.401. The molecule has 4 heteroatoms. The minimum absolute atomic E-state index is 0.253. The Balaban J connectivity index is 2.52. The molecule has 98 valence electrons. The molecule has 0 aliphatic rings. The smallest absolute Gasteiger partial charge is 0.213 e. The lowest BCUT2D eigenvalue weighted by atomic mass is 9.98. The first kappa shape index (κ1) is 13.6. The van der Waals surface area contributed by atoms with Crippen molar-refractivity contribution in [3.05, 3.63) is 71.8 Å². The summed E-state index contributed by atoms with van der Waals surface area (Å²) in [5.74, 6) is 0. The van der Waals surface area contributed by atoms with Gasteiger partial charge in [-0.3, -0.25) is 0 Å². The predicted molar refractivity (Wildman–Crippen MR) is 75.7 cm³/mol. The van der Waals surface area contributed by atoms with Crippen molar-refractivity contribution in [3.63, 3.8) is 0 Å². The topological polar surface area (TPSA) is 41.8 Å². The van der Waals surface area contributed by atoms with Gasteiger partial charge in [0.15, 0.2) is 0 Å². The Morgan fingerprint density at radius 3 is 2.05 bits per heavy atom. The Hall–Kier alpha value is -1.84. The number of oxime groups is 1. The first-order valence-electron chi connectivity index (χ1n) is 5.80. The predicted octanol–water partition coefficient (Wildman–Crippen LogP) is 3.60. The van der Waals surface area contributed by atoms with E-state index in [1.807, 2.05) is 60.7 Å². The zero-order valence-corrected chi connectivity index (χ0v) is 11.2. The van der Waals surface area contributed by atoms with Crippen molar-refractivity contribution < 1.29 is 9.94 Å². The maximum Gasteiger partial charge on any atom is 0.213 e. The van der Waals surface area contributed by atoms with Crippen molar-refractivity contribution in [2.75, 3.05) is 7.11 Å². The third kappa shape index (κ3) is 2.62. The molecule has 0 aromatic heterocycles. The summed E-state index contributed by atoms with van der Waals surface area (Å²) in [4.78, 5) is 0. The lowest BCUT2D eigenvalue weighted by Crippen LogP contribution is -2.33. The maximum atomic E-state index is 9.33. The fourth-order valence-corrected chi connectivity index (χ4v) is 2.18. The average molecular weight is 276 g/mol. The Labute approximate surface area is 117 Å². The highest BCUT2D eigenvalue weighted by Crippen LogP contribution is 2.34. The van der Waals surface area contributed by atoms with Gasteiger partial charge in [-0.2, -0.15) is 0 Å². The van der Waals surface area contributed by atoms with E-state index in [0.717, 1.165) is 0 Å². The zero-order chi connectivity index (χ0) is 13.7. The largest absolute Gasteiger partial charge is 0.410 e. The van der Waals surface area contributed by atoms with Crippen LogP contribution in [-0.2, 0) is 9.80 Å². The number of methoxy groups -OCH3 is 1. The van der Waals surface area contributed by atoms with E-state index < -0.39 is 5.06 Å². The van der Waals surface area contributed by atoms with Crippen LogP contribution in [0.1, 0.15) is 11.1 Å². The maximum absolute atomic E-state index is 9.33. The number of nitrogens with zero attached hydrogens (tertiary/aromatic N) is 1. The van der Waals surface area contributed by atoms with E-state index in [-0.39, 0.29) is 5.71 Å². The first-order chi connectivity index (χ1) is 9.22. The van der Waals surface area contributed by atoms with Crippen LogP contribution >= 0.6 is 11.6 Å². The molecule has 2 rings (SSSR count). The molecule has 1 atom stereocenters. The van der Waals surface area contributed by atoms with Crippen LogP contribution in [0.5, 0.6) is 0 Å². The summed E-state index contributed by atoms with van der Waals surface area (Å²) in [5, 5.41) is 11.3. The molecule has 0 heterocycles. The van der Waals surface area contributed by atoms with Gasteiger partial charge in [-0.25, -0.2) is 0 Å². The molecule has 2 aromatic carbocycles. The summed E-state index contributed by atoms with van der Waals surface area (Å²) < 4.78 is 5.41. The molecule has 0 radical (unpaired) electrons. The molecule has 0 amide bonds. The highest BCUT2D eigenvalue weighted by atomic mass is 35.5. The van der Waals surface area contributed by atoms with Crippen molar-refractivity contribution in [1.82, 2.24) is 0 Å². The lowest BCUT2D eigenvalue weighted by molar-refractivity contribution is 0.117. The van der Waals surface area contributed by atoms with Crippen molar-refractivity contribution in [1.29, 1.82) is 0 Å². The van der Waals surface area contributed by atoms with Gasteiger partial charge in [0.25, 0.3) is 0 Å². The zero-order valence-electron chi connectivity index (χ0n) is 10.5. The second-order valence-electron chi connectivity index (χ2n) is 3.98. The molecule has 1 N–H and O–H groups in total. The van der Waals surface area contributed by atoms with Crippen LogP contribution in [0, 0.1) is 0 Å². The van der Waals surface area contributed by atoms with Crippen molar-refractivity contribution >= 4 is 17.3 Å². The summed E-state index contributed by atoms with van der Waals surface area (Å²) in [6.45, 7) is 0. The van der Waals surface area contributed by atoms with Crippen LogP contribution in [0.4, 0.5) is 0 Å². The van der Waals surface area contributed by atoms with Gasteiger partial charge in [0.05, 0.1) is 0 Å². The third-order valence-electron chi connectivity index (χ3n) is 2.88. The molecule has 19 heavy (non-hydrogen) atoms. The second kappa shape index (κ2) is 5.87. The third-order valence-corrected chi connectivity index (χ3v) is 3.43. The molecule has 0 aliphatic heterocycles. The molecule has 1 unspecified atom stereocenters. The number of hydrogen-bond donors (Lipinski definition) is 1. The van der Waals surface area contributed by atoms with Gasteiger partial charge in [0, 0.05) is 18.2 Å². The Kier molecular flexibility index (Phi) is 4.20. The van der Waals surface area contributed by atoms with Gasteiger partial charge in [0.1, 0.15) is 5.71 Å².